The van der Waals surface area contributed by atoms with Crippen LogP contribution in [0.4, 0.5) is 0 Å². The molecule has 0 bridgehead atoms. The fraction of sp³-hybridized carbons (Fsp3) is 0.667. The topological polar surface area (TPSA) is 0 Å². The van der Waals surface area contributed by atoms with Gasteiger partial charge in [-0.25, -0.2) is 0 Å². The van der Waals surface area contributed by atoms with E-state index in [-0.39, 0.29) is 0 Å². The molecule has 0 atom stereocenters. The van der Waals surface area contributed by atoms with E-state index in [1.807, 2.05) is 4.86 Å². The second kappa shape index (κ2) is 6.30. The van der Waals surface area contributed by atoms with E-state index in [0.717, 1.165) is 0 Å². The van der Waals surface area contributed by atoms with Crippen LogP contribution in [0.3, 0.4) is 0 Å². The molecular weight excluding hydrogens is 147 g/mol. The van der Waals surface area contributed by atoms with E-state index in [4.69, 9.17) is 0 Å². The molecule has 0 saturated heterocycles. The van der Waals surface area contributed by atoms with Crippen molar-refractivity contribution in [2.45, 2.75) is 26.2 Å². The van der Waals surface area contributed by atoms with Gasteiger partial charge in [0.2, 0.25) is 0 Å². The van der Waals surface area contributed by atoms with Gasteiger partial charge >= 0.3 is 54.0 Å². The monoisotopic (exact) mass is 158 g/mol. The molecular formula is C6H11As. The van der Waals surface area contributed by atoms with Crippen LogP contribution in [0.5, 0.6) is 0 Å². The first-order chi connectivity index (χ1) is 3.41. The summed E-state index contributed by atoms with van der Waals surface area (Å²) in [5.41, 5.74) is 0. The van der Waals surface area contributed by atoms with Gasteiger partial charge in [0.25, 0.3) is 0 Å². The van der Waals surface area contributed by atoms with Crippen LogP contribution in [-0.4, -0.2) is 16.9 Å². The van der Waals surface area contributed by atoms with E-state index in [0.29, 0.717) is 0 Å². The molecule has 0 aromatic carbocycles. The van der Waals surface area contributed by atoms with Crippen molar-refractivity contribution in [2.24, 2.45) is 0 Å². The molecule has 2 radical (unpaired) electrons. The Bertz CT molecular complexity index is 48.1. The number of rotatable bonds is 3. The zero-order valence-corrected chi connectivity index (χ0v) is 6.60. The average molecular weight is 158 g/mol. The molecule has 0 saturated carbocycles. The summed E-state index contributed by atoms with van der Waals surface area (Å²) in [5.74, 6) is 0. The van der Waals surface area contributed by atoms with Crippen molar-refractivity contribution in [1.29, 1.82) is 0 Å². The van der Waals surface area contributed by atoms with Crippen LogP contribution in [0.2, 0.25) is 0 Å². The van der Waals surface area contributed by atoms with E-state index in [2.05, 4.69) is 29.9 Å². The zero-order chi connectivity index (χ0) is 5.54. The standard InChI is InChI=1S/C6H11As/c1-2-3-4-5-6-7/h5-6H,2-4H2,1H3. The molecule has 0 heterocycles. The summed E-state index contributed by atoms with van der Waals surface area (Å²) in [6.45, 7) is 2.21. The summed E-state index contributed by atoms with van der Waals surface area (Å²) in [4.78, 5) is 2.04. The Morgan fingerprint density at radius 3 is 2.71 bits per heavy atom. The van der Waals surface area contributed by atoms with Crippen LogP contribution >= 0.6 is 0 Å². The maximum absolute atomic E-state index is 2.44. The molecule has 0 aromatic rings. The van der Waals surface area contributed by atoms with E-state index in [1.165, 1.54) is 19.3 Å². The van der Waals surface area contributed by atoms with Crippen LogP contribution in [-0.2, 0) is 0 Å². The van der Waals surface area contributed by atoms with Gasteiger partial charge in [-0.1, -0.05) is 0 Å². The van der Waals surface area contributed by atoms with Crippen LogP contribution < -0.4 is 0 Å². The van der Waals surface area contributed by atoms with Gasteiger partial charge in [-0.15, -0.1) is 0 Å². The molecule has 0 aromatic heterocycles. The molecule has 0 N–H and O–H groups in total. The molecule has 40 valence electrons. The molecule has 7 heavy (non-hydrogen) atoms. The Labute approximate surface area is 54.5 Å². The fourth-order valence-corrected chi connectivity index (χ4v) is 0.709. The number of allylic oxidation sites excluding steroid dienone is 1. The Morgan fingerprint density at radius 2 is 2.29 bits per heavy atom. The third-order valence-corrected chi connectivity index (χ3v) is 1.27. The van der Waals surface area contributed by atoms with E-state index < -0.39 is 0 Å². The average Bonchev–Trinajstić information content (AvgIpc) is 1.69. The summed E-state index contributed by atoms with van der Waals surface area (Å²) in [6, 6.07) is 0. The quantitative estimate of drug-likeness (QED) is 0.434. The van der Waals surface area contributed by atoms with E-state index in [9.17, 15) is 0 Å². The number of unbranched alkanes of at least 4 members (excludes halogenated alkanes) is 2. The zero-order valence-electron chi connectivity index (χ0n) is 4.72. The summed E-state index contributed by atoms with van der Waals surface area (Å²) < 4.78 is 0. The van der Waals surface area contributed by atoms with Gasteiger partial charge < -0.3 is 0 Å². The van der Waals surface area contributed by atoms with E-state index >= 15 is 0 Å². The van der Waals surface area contributed by atoms with Crippen LogP contribution in [0.25, 0.3) is 0 Å². The molecule has 1 heteroatoms. The van der Waals surface area contributed by atoms with E-state index in [1.54, 1.807) is 0 Å². The maximum atomic E-state index is 2.44. The van der Waals surface area contributed by atoms with Gasteiger partial charge in [-0.05, 0) is 0 Å². The Balaban J connectivity index is 2.69. The third kappa shape index (κ3) is 6.30. The van der Waals surface area contributed by atoms with Gasteiger partial charge in [-0.3, -0.25) is 0 Å². The molecule has 0 aliphatic heterocycles. The van der Waals surface area contributed by atoms with Crippen molar-refractivity contribution < 1.29 is 0 Å². The van der Waals surface area contributed by atoms with Gasteiger partial charge in [0.15, 0.2) is 0 Å². The summed E-state index contributed by atoms with van der Waals surface area (Å²) in [6.07, 6.45) is 6.06. The Morgan fingerprint density at radius 1 is 1.57 bits per heavy atom. The van der Waals surface area contributed by atoms with Gasteiger partial charge in [0.1, 0.15) is 0 Å². The number of hydrogen-bond acceptors (Lipinski definition) is 0. The minimum atomic E-state index is 1.24. The van der Waals surface area contributed by atoms with Crippen molar-refractivity contribution >= 4 is 16.9 Å². The molecule has 0 aliphatic carbocycles. The van der Waals surface area contributed by atoms with Gasteiger partial charge in [-0.2, -0.15) is 0 Å². The van der Waals surface area contributed by atoms with Crippen molar-refractivity contribution in [3.05, 3.63) is 10.9 Å². The molecule has 0 unspecified atom stereocenters. The SMILES string of the molecule is CCCCC=C[As]. The summed E-state index contributed by atoms with van der Waals surface area (Å²) in [7, 11) is 0. The predicted molar refractivity (Wildman–Crippen MR) is 34.4 cm³/mol. The minimum absolute atomic E-state index is 1.24. The van der Waals surface area contributed by atoms with Crippen molar-refractivity contribution in [3.8, 4) is 0 Å². The Kier molecular flexibility index (Phi) is 6.57. The van der Waals surface area contributed by atoms with Crippen molar-refractivity contribution in [3.63, 3.8) is 0 Å². The van der Waals surface area contributed by atoms with Crippen LogP contribution in [0.1, 0.15) is 26.2 Å². The molecule has 0 rings (SSSR count). The van der Waals surface area contributed by atoms with Gasteiger partial charge in [0, 0.05) is 0 Å². The third-order valence-electron chi connectivity index (χ3n) is 0.830. The fourth-order valence-electron chi connectivity index (χ4n) is 0.397. The molecule has 0 nitrogen and oxygen atoms in total. The molecule has 0 aliphatic rings. The van der Waals surface area contributed by atoms with Crippen molar-refractivity contribution in [1.82, 2.24) is 0 Å². The predicted octanol–water partition coefficient (Wildman–Crippen LogP) is 1.86. The van der Waals surface area contributed by atoms with Gasteiger partial charge in [0.05, 0.1) is 0 Å². The normalized spacial score (nSPS) is 10.6. The number of hydrogen-bond donors (Lipinski definition) is 0. The summed E-state index contributed by atoms with van der Waals surface area (Å²) >= 11 is 2.44. The first-order valence-corrected chi connectivity index (χ1v) is 3.79. The first-order valence-electron chi connectivity index (χ1n) is 2.71. The Hall–Kier alpha value is 0.298. The van der Waals surface area contributed by atoms with Crippen LogP contribution in [0.15, 0.2) is 10.9 Å². The molecule has 0 spiro atoms. The second-order valence-electron chi connectivity index (χ2n) is 1.53. The summed E-state index contributed by atoms with van der Waals surface area (Å²) in [5, 5.41) is 0. The first kappa shape index (κ1) is 7.30. The van der Waals surface area contributed by atoms with Crippen molar-refractivity contribution in [2.75, 3.05) is 0 Å². The van der Waals surface area contributed by atoms with Crippen LogP contribution in [0, 0.1) is 0 Å². The molecule has 0 amide bonds. The molecule has 0 fully saturated rings. The second-order valence-corrected chi connectivity index (χ2v) is 2.15.